The molecule has 0 spiro atoms. The van der Waals surface area contributed by atoms with Crippen LogP contribution in [0.2, 0.25) is 0 Å². The topological polar surface area (TPSA) is 63.4 Å². The van der Waals surface area contributed by atoms with Crippen LogP contribution in [0, 0.1) is 0 Å². The number of para-hydroxylation sites is 1. The first-order valence-electron chi connectivity index (χ1n) is 8.84. The van der Waals surface area contributed by atoms with Crippen molar-refractivity contribution in [3.8, 4) is 11.5 Å². The van der Waals surface area contributed by atoms with Gasteiger partial charge in [0.2, 0.25) is 0 Å². The standard InChI is InChI=1S/C19H26N4O2S/c1-4-11-26-19-21-20-18(22(19)2)15-8-6-10-23(13-15)12-14-7-5-9-16(25-3)17(14)24/h4-5,7,9,15,24H,1,6,8,10-13H2,2-3H3/t15-/m0/s1. The third-order valence-electron chi connectivity index (χ3n) is 4.77. The van der Waals surface area contributed by atoms with Crippen LogP contribution in [0.4, 0.5) is 0 Å². The van der Waals surface area contributed by atoms with Crippen molar-refractivity contribution in [3.63, 3.8) is 0 Å². The van der Waals surface area contributed by atoms with Gasteiger partial charge < -0.3 is 14.4 Å². The highest BCUT2D eigenvalue weighted by Gasteiger charge is 2.26. The summed E-state index contributed by atoms with van der Waals surface area (Å²) in [4.78, 5) is 2.37. The minimum atomic E-state index is 0.235. The third kappa shape index (κ3) is 4.04. The Balaban J connectivity index is 1.70. The van der Waals surface area contributed by atoms with Crippen molar-refractivity contribution in [3.05, 3.63) is 42.2 Å². The Labute approximate surface area is 158 Å². The van der Waals surface area contributed by atoms with E-state index < -0.39 is 0 Å². The molecule has 7 heteroatoms. The summed E-state index contributed by atoms with van der Waals surface area (Å²) in [7, 11) is 3.61. The van der Waals surface area contributed by atoms with Crippen molar-refractivity contribution in [2.45, 2.75) is 30.5 Å². The maximum absolute atomic E-state index is 10.3. The highest BCUT2D eigenvalue weighted by Crippen LogP contribution is 2.33. The number of phenols is 1. The molecular formula is C19H26N4O2S. The zero-order valence-corrected chi connectivity index (χ0v) is 16.2. The minimum absolute atomic E-state index is 0.235. The first kappa shape index (κ1) is 18.8. The van der Waals surface area contributed by atoms with Gasteiger partial charge in [-0.2, -0.15) is 0 Å². The number of aromatic hydroxyl groups is 1. The molecule has 6 nitrogen and oxygen atoms in total. The average molecular weight is 375 g/mol. The number of thioether (sulfide) groups is 1. The molecule has 0 unspecified atom stereocenters. The molecule has 1 aliphatic heterocycles. The predicted molar refractivity (Wildman–Crippen MR) is 104 cm³/mol. The molecule has 26 heavy (non-hydrogen) atoms. The molecule has 0 aliphatic carbocycles. The Kier molecular flexibility index (Phi) is 6.21. The van der Waals surface area contributed by atoms with Crippen molar-refractivity contribution in [2.24, 2.45) is 7.05 Å². The maximum atomic E-state index is 10.3. The summed E-state index contributed by atoms with van der Waals surface area (Å²) in [5, 5.41) is 20.0. The smallest absolute Gasteiger partial charge is 0.191 e. The Bertz CT molecular complexity index is 762. The Morgan fingerprint density at radius 1 is 1.42 bits per heavy atom. The van der Waals surface area contributed by atoms with Crippen LogP contribution in [-0.4, -0.2) is 50.7 Å². The summed E-state index contributed by atoms with van der Waals surface area (Å²) in [6, 6.07) is 5.65. The van der Waals surface area contributed by atoms with Crippen molar-refractivity contribution < 1.29 is 9.84 Å². The second kappa shape index (κ2) is 8.60. The molecule has 1 N–H and O–H groups in total. The number of benzene rings is 1. The third-order valence-corrected chi connectivity index (χ3v) is 5.78. The molecule has 2 heterocycles. The van der Waals surface area contributed by atoms with Gasteiger partial charge in [-0.05, 0) is 25.5 Å². The van der Waals surface area contributed by atoms with Crippen LogP contribution < -0.4 is 4.74 Å². The van der Waals surface area contributed by atoms with E-state index in [-0.39, 0.29) is 5.75 Å². The summed E-state index contributed by atoms with van der Waals surface area (Å²) in [5.41, 5.74) is 0.894. The van der Waals surface area contributed by atoms with Gasteiger partial charge in [-0.25, -0.2) is 0 Å². The van der Waals surface area contributed by atoms with Crippen LogP contribution in [-0.2, 0) is 13.6 Å². The van der Waals surface area contributed by atoms with Gasteiger partial charge in [0.05, 0.1) is 7.11 Å². The lowest BCUT2D eigenvalue weighted by Crippen LogP contribution is -2.34. The molecule has 1 aliphatic rings. The van der Waals surface area contributed by atoms with Gasteiger partial charge in [-0.15, -0.1) is 16.8 Å². The van der Waals surface area contributed by atoms with Gasteiger partial charge in [0, 0.05) is 37.4 Å². The number of hydrogen-bond donors (Lipinski definition) is 1. The second-order valence-corrected chi connectivity index (χ2v) is 7.53. The van der Waals surface area contributed by atoms with Crippen molar-refractivity contribution in [2.75, 3.05) is 26.0 Å². The summed E-state index contributed by atoms with van der Waals surface area (Å²) in [6.07, 6.45) is 4.10. The zero-order valence-electron chi connectivity index (χ0n) is 15.4. The highest BCUT2D eigenvalue weighted by molar-refractivity contribution is 7.99. The molecule has 1 fully saturated rings. The quantitative estimate of drug-likeness (QED) is 0.593. The van der Waals surface area contributed by atoms with Gasteiger partial charge in [0.1, 0.15) is 5.82 Å². The Morgan fingerprint density at radius 3 is 3.04 bits per heavy atom. The number of aromatic nitrogens is 3. The maximum Gasteiger partial charge on any atom is 0.191 e. The SMILES string of the molecule is C=CCSc1nnc([C@H]2CCCN(Cc3cccc(OC)c3O)C2)n1C. The van der Waals surface area contributed by atoms with E-state index >= 15 is 0 Å². The molecule has 0 amide bonds. The van der Waals surface area contributed by atoms with Gasteiger partial charge >= 0.3 is 0 Å². The minimum Gasteiger partial charge on any atom is -0.504 e. The van der Waals surface area contributed by atoms with Crippen LogP contribution in [0.25, 0.3) is 0 Å². The molecule has 0 bridgehead atoms. The molecule has 3 rings (SSSR count). The van der Waals surface area contributed by atoms with Crippen LogP contribution >= 0.6 is 11.8 Å². The highest BCUT2D eigenvalue weighted by atomic mass is 32.2. The fourth-order valence-corrected chi connectivity index (χ4v) is 4.10. The summed E-state index contributed by atoms with van der Waals surface area (Å²) in [5.74, 6) is 2.98. The van der Waals surface area contributed by atoms with E-state index in [1.165, 1.54) is 0 Å². The molecular weight excluding hydrogens is 348 g/mol. The number of methoxy groups -OCH3 is 1. The lowest BCUT2D eigenvalue weighted by atomic mass is 9.96. The summed E-state index contributed by atoms with van der Waals surface area (Å²) < 4.78 is 7.32. The monoisotopic (exact) mass is 374 g/mol. The molecule has 1 atom stereocenters. The van der Waals surface area contributed by atoms with Crippen LogP contribution in [0.15, 0.2) is 36.0 Å². The van der Waals surface area contributed by atoms with Gasteiger partial charge in [-0.1, -0.05) is 30.0 Å². The molecule has 1 saturated heterocycles. The number of nitrogens with zero attached hydrogens (tertiary/aromatic N) is 4. The van der Waals surface area contributed by atoms with Crippen molar-refractivity contribution >= 4 is 11.8 Å². The number of phenolic OH excluding ortho intramolecular Hbond substituents is 1. The summed E-state index contributed by atoms with van der Waals surface area (Å²) >= 11 is 1.65. The lowest BCUT2D eigenvalue weighted by Gasteiger charge is -2.32. The second-order valence-electron chi connectivity index (χ2n) is 6.54. The van der Waals surface area contributed by atoms with E-state index in [0.717, 1.165) is 48.2 Å². The fourth-order valence-electron chi connectivity index (χ4n) is 3.45. The Morgan fingerprint density at radius 2 is 2.27 bits per heavy atom. The van der Waals surface area contributed by atoms with E-state index in [1.54, 1.807) is 24.9 Å². The van der Waals surface area contributed by atoms with Crippen LogP contribution in [0.5, 0.6) is 11.5 Å². The first-order chi connectivity index (χ1) is 12.6. The van der Waals surface area contributed by atoms with Gasteiger partial charge in [0.25, 0.3) is 0 Å². The number of hydrogen-bond acceptors (Lipinski definition) is 6. The van der Waals surface area contributed by atoms with E-state index in [0.29, 0.717) is 18.2 Å². The molecule has 0 saturated carbocycles. The molecule has 1 aromatic carbocycles. The number of likely N-dealkylation sites (tertiary alicyclic amines) is 1. The molecule has 1 aromatic heterocycles. The number of rotatable bonds is 7. The molecule has 2 aromatic rings. The van der Waals surface area contributed by atoms with E-state index in [1.807, 2.05) is 25.3 Å². The molecule has 140 valence electrons. The van der Waals surface area contributed by atoms with E-state index in [2.05, 4.69) is 26.2 Å². The van der Waals surface area contributed by atoms with Gasteiger partial charge in [0.15, 0.2) is 16.7 Å². The predicted octanol–water partition coefficient (Wildman–Crippen LogP) is 3.19. The van der Waals surface area contributed by atoms with Crippen molar-refractivity contribution in [1.29, 1.82) is 0 Å². The normalized spacial score (nSPS) is 18.0. The first-order valence-corrected chi connectivity index (χ1v) is 9.82. The van der Waals surface area contributed by atoms with Crippen LogP contribution in [0.3, 0.4) is 0 Å². The average Bonchev–Trinajstić information content (AvgIpc) is 3.02. The van der Waals surface area contributed by atoms with Crippen molar-refractivity contribution in [1.82, 2.24) is 19.7 Å². The van der Waals surface area contributed by atoms with Gasteiger partial charge in [-0.3, -0.25) is 4.90 Å². The Hall–Kier alpha value is -1.99. The zero-order chi connectivity index (χ0) is 18.5. The van der Waals surface area contributed by atoms with E-state index in [9.17, 15) is 5.11 Å². The fraction of sp³-hybridized carbons (Fsp3) is 0.474. The molecule has 0 radical (unpaired) electrons. The summed E-state index contributed by atoms with van der Waals surface area (Å²) in [6.45, 7) is 6.39. The van der Waals surface area contributed by atoms with Crippen LogP contribution in [0.1, 0.15) is 30.1 Å². The number of ether oxygens (including phenoxy) is 1. The lowest BCUT2D eigenvalue weighted by molar-refractivity contribution is 0.192. The number of piperidine rings is 1. The van der Waals surface area contributed by atoms with E-state index in [4.69, 9.17) is 4.74 Å². The largest absolute Gasteiger partial charge is 0.504 e.